The molecule has 4 rings (SSSR count). The lowest BCUT2D eigenvalue weighted by Gasteiger charge is -2.31. The van der Waals surface area contributed by atoms with Crippen molar-refractivity contribution in [2.75, 3.05) is 19.7 Å². The van der Waals surface area contributed by atoms with Crippen LogP contribution in [0.2, 0.25) is 0 Å². The highest BCUT2D eigenvalue weighted by molar-refractivity contribution is 5.95. The second-order valence-corrected chi connectivity index (χ2v) is 7.11. The number of esters is 1. The van der Waals surface area contributed by atoms with Crippen LogP contribution in [-0.2, 0) is 9.53 Å². The summed E-state index contributed by atoms with van der Waals surface area (Å²) in [5.74, 6) is -0.224. The Morgan fingerprint density at radius 1 is 1.04 bits per heavy atom. The van der Waals surface area contributed by atoms with Gasteiger partial charge in [0, 0.05) is 30.5 Å². The van der Waals surface area contributed by atoms with Crippen LogP contribution in [0, 0.1) is 5.92 Å². The molecule has 2 aromatic carbocycles. The number of carbonyl (C=O) groups is 2. The van der Waals surface area contributed by atoms with Crippen molar-refractivity contribution in [3.63, 3.8) is 0 Å². The van der Waals surface area contributed by atoms with Gasteiger partial charge in [-0.05, 0) is 55.5 Å². The average Bonchev–Trinajstić information content (AvgIpc) is 3.18. The van der Waals surface area contributed by atoms with E-state index in [9.17, 15) is 9.59 Å². The first-order valence-corrected chi connectivity index (χ1v) is 9.80. The number of nitrogens with zero attached hydrogens (tertiary/aromatic N) is 2. The van der Waals surface area contributed by atoms with E-state index in [1.54, 1.807) is 0 Å². The highest BCUT2D eigenvalue weighted by atomic mass is 16.5. The molecule has 2 heterocycles. The fourth-order valence-electron chi connectivity index (χ4n) is 3.86. The van der Waals surface area contributed by atoms with E-state index in [0.29, 0.717) is 38.1 Å². The number of hydrogen-bond donors (Lipinski definition) is 0. The van der Waals surface area contributed by atoms with E-state index >= 15 is 0 Å². The second kappa shape index (κ2) is 7.89. The van der Waals surface area contributed by atoms with Crippen molar-refractivity contribution in [3.8, 4) is 5.69 Å². The number of ether oxygens (including phenoxy) is 1. The molecule has 1 saturated heterocycles. The number of amides is 1. The van der Waals surface area contributed by atoms with Crippen LogP contribution in [0.25, 0.3) is 16.6 Å². The highest BCUT2D eigenvalue weighted by Gasteiger charge is 2.28. The van der Waals surface area contributed by atoms with Crippen LogP contribution < -0.4 is 0 Å². The number of carbonyl (C=O) groups excluding carboxylic acids is 2. The summed E-state index contributed by atoms with van der Waals surface area (Å²) in [6.45, 7) is 3.38. The van der Waals surface area contributed by atoms with Crippen LogP contribution in [-0.4, -0.2) is 41.0 Å². The molecule has 1 aromatic heterocycles. The van der Waals surface area contributed by atoms with Crippen molar-refractivity contribution in [2.45, 2.75) is 19.8 Å². The number of likely N-dealkylation sites (tertiary alicyclic amines) is 1. The van der Waals surface area contributed by atoms with Crippen LogP contribution in [0.4, 0.5) is 0 Å². The topological polar surface area (TPSA) is 51.5 Å². The van der Waals surface area contributed by atoms with E-state index in [-0.39, 0.29) is 17.8 Å². The fraction of sp³-hybridized carbons (Fsp3) is 0.304. The molecule has 0 unspecified atom stereocenters. The third-order valence-electron chi connectivity index (χ3n) is 5.37. The Hall–Kier alpha value is -3.08. The Kier molecular flexibility index (Phi) is 5.15. The Bertz CT molecular complexity index is 1000. The van der Waals surface area contributed by atoms with Crippen LogP contribution in [0.1, 0.15) is 30.1 Å². The molecule has 28 heavy (non-hydrogen) atoms. The third kappa shape index (κ3) is 3.52. The largest absolute Gasteiger partial charge is 0.466 e. The van der Waals surface area contributed by atoms with Crippen molar-refractivity contribution >= 4 is 22.8 Å². The molecule has 5 heteroatoms. The molecule has 0 aliphatic carbocycles. The molecule has 144 valence electrons. The number of piperidine rings is 1. The van der Waals surface area contributed by atoms with E-state index in [2.05, 4.69) is 22.8 Å². The summed E-state index contributed by atoms with van der Waals surface area (Å²) in [4.78, 5) is 26.7. The molecule has 3 aromatic rings. The van der Waals surface area contributed by atoms with E-state index in [1.165, 1.54) is 5.39 Å². The third-order valence-corrected chi connectivity index (χ3v) is 5.37. The molecule has 5 nitrogen and oxygen atoms in total. The van der Waals surface area contributed by atoms with E-state index in [0.717, 1.165) is 11.2 Å². The normalized spacial score (nSPS) is 15.0. The van der Waals surface area contributed by atoms with Gasteiger partial charge in [-0.15, -0.1) is 0 Å². The van der Waals surface area contributed by atoms with Gasteiger partial charge in [0.25, 0.3) is 5.91 Å². The molecule has 0 saturated carbocycles. The summed E-state index contributed by atoms with van der Waals surface area (Å²) in [7, 11) is 0. The molecule has 0 atom stereocenters. The quantitative estimate of drug-likeness (QED) is 0.646. The zero-order valence-corrected chi connectivity index (χ0v) is 16.0. The molecule has 0 radical (unpaired) electrons. The summed E-state index contributed by atoms with van der Waals surface area (Å²) in [6.07, 6.45) is 3.35. The van der Waals surface area contributed by atoms with E-state index < -0.39 is 0 Å². The number of rotatable bonds is 4. The van der Waals surface area contributed by atoms with Gasteiger partial charge in [-0.25, -0.2) is 0 Å². The first-order chi connectivity index (χ1) is 13.7. The molecule has 1 aliphatic heterocycles. The average molecular weight is 376 g/mol. The Morgan fingerprint density at radius 3 is 2.61 bits per heavy atom. The van der Waals surface area contributed by atoms with Gasteiger partial charge in [-0.2, -0.15) is 0 Å². The lowest BCUT2D eigenvalue weighted by Crippen LogP contribution is -2.40. The fourth-order valence-corrected chi connectivity index (χ4v) is 3.86. The van der Waals surface area contributed by atoms with E-state index in [4.69, 9.17) is 4.74 Å². The van der Waals surface area contributed by atoms with Gasteiger partial charge in [0.1, 0.15) is 0 Å². The number of aromatic nitrogens is 1. The zero-order valence-electron chi connectivity index (χ0n) is 16.0. The zero-order chi connectivity index (χ0) is 19.5. The van der Waals surface area contributed by atoms with Crippen molar-refractivity contribution in [1.82, 2.24) is 9.47 Å². The molecular weight excluding hydrogens is 352 g/mol. The smallest absolute Gasteiger partial charge is 0.309 e. The van der Waals surface area contributed by atoms with Crippen molar-refractivity contribution in [1.29, 1.82) is 0 Å². The SMILES string of the molecule is CCOC(=O)C1CCN(C(=O)c2cccc(-n3ccc4ccccc43)c2)CC1. The van der Waals surface area contributed by atoms with Crippen molar-refractivity contribution < 1.29 is 14.3 Å². The standard InChI is InChI=1S/C23H24N2O3/c1-2-28-23(27)18-10-13-24(14-11-18)22(26)19-7-5-8-20(16-19)25-15-12-17-6-3-4-9-21(17)25/h3-9,12,15-16,18H,2,10-11,13-14H2,1H3. The Balaban J connectivity index is 1.51. The van der Waals surface area contributed by atoms with Gasteiger partial charge < -0.3 is 14.2 Å². The van der Waals surface area contributed by atoms with Crippen LogP contribution in [0.15, 0.2) is 60.8 Å². The highest BCUT2D eigenvalue weighted by Crippen LogP contribution is 2.23. The summed E-state index contributed by atoms with van der Waals surface area (Å²) in [6, 6.07) is 18.0. The van der Waals surface area contributed by atoms with Crippen LogP contribution in [0.5, 0.6) is 0 Å². The predicted molar refractivity (Wildman–Crippen MR) is 109 cm³/mol. The van der Waals surface area contributed by atoms with Crippen LogP contribution in [0.3, 0.4) is 0 Å². The molecule has 0 spiro atoms. The van der Waals surface area contributed by atoms with Gasteiger partial charge in [-0.3, -0.25) is 9.59 Å². The summed E-state index contributed by atoms with van der Waals surface area (Å²) in [5.41, 5.74) is 2.75. The minimum atomic E-state index is -0.143. The molecular formula is C23H24N2O3. The van der Waals surface area contributed by atoms with E-state index in [1.807, 2.05) is 54.4 Å². The number of para-hydroxylation sites is 1. The minimum absolute atomic E-state index is 0.0145. The van der Waals surface area contributed by atoms with Crippen LogP contribution >= 0.6 is 0 Å². The van der Waals surface area contributed by atoms with Gasteiger partial charge in [-0.1, -0.05) is 24.3 Å². The number of benzene rings is 2. The minimum Gasteiger partial charge on any atom is -0.466 e. The maximum atomic E-state index is 13.0. The molecule has 0 N–H and O–H groups in total. The first-order valence-electron chi connectivity index (χ1n) is 9.80. The lowest BCUT2D eigenvalue weighted by molar-refractivity contribution is -0.149. The molecule has 1 aliphatic rings. The summed E-state index contributed by atoms with van der Waals surface area (Å²) < 4.78 is 7.21. The predicted octanol–water partition coefficient (Wildman–Crippen LogP) is 4.05. The maximum absolute atomic E-state index is 13.0. The lowest BCUT2D eigenvalue weighted by atomic mass is 9.96. The van der Waals surface area contributed by atoms with Gasteiger partial charge in [0.2, 0.25) is 0 Å². The summed E-state index contributed by atoms with van der Waals surface area (Å²) >= 11 is 0. The first kappa shape index (κ1) is 18.3. The Labute approximate surface area is 164 Å². The molecule has 1 amide bonds. The molecule has 1 fully saturated rings. The second-order valence-electron chi connectivity index (χ2n) is 7.11. The van der Waals surface area contributed by atoms with Crippen molar-refractivity contribution in [3.05, 3.63) is 66.4 Å². The number of fused-ring (bicyclic) bond motifs is 1. The summed E-state index contributed by atoms with van der Waals surface area (Å²) in [5, 5.41) is 1.17. The maximum Gasteiger partial charge on any atom is 0.309 e. The monoisotopic (exact) mass is 376 g/mol. The number of hydrogen-bond acceptors (Lipinski definition) is 3. The van der Waals surface area contributed by atoms with Gasteiger partial charge in [0.05, 0.1) is 18.0 Å². The van der Waals surface area contributed by atoms with Crippen molar-refractivity contribution in [2.24, 2.45) is 5.92 Å². The van der Waals surface area contributed by atoms with Gasteiger partial charge >= 0.3 is 5.97 Å². The Morgan fingerprint density at radius 2 is 1.82 bits per heavy atom. The van der Waals surface area contributed by atoms with Gasteiger partial charge in [0.15, 0.2) is 0 Å². The molecule has 0 bridgehead atoms.